The average molecular weight is 642 g/mol. The molecule has 1 amide bonds. The van der Waals surface area contributed by atoms with Crippen LogP contribution in [0.15, 0.2) is 30.0 Å². The largest absolute Gasteiger partial charge is 0.507 e. The molecule has 3 aliphatic rings. The SMILES string of the molecule is C[C@@H]1CN2c3c4c(nc5c(F)c(-c6c(O)cccc6F)c(Cl)cc35)O[C@H](CN(C)C)CN4C(=C=O)[C@H]2CN1C(=O)OC(C)(C)C. The number of benzene rings is 2. The number of pyridine rings is 1. The van der Waals surface area contributed by atoms with E-state index in [-0.39, 0.29) is 58.9 Å². The number of amides is 1. The highest BCUT2D eigenvalue weighted by atomic mass is 35.5. The number of piperazine rings is 1. The number of fused-ring (bicyclic) bond motifs is 4. The van der Waals surface area contributed by atoms with Crippen molar-refractivity contribution in [1.82, 2.24) is 14.8 Å². The van der Waals surface area contributed by atoms with E-state index in [1.165, 1.54) is 18.2 Å². The highest BCUT2D eigenvalue weighted by molar-refractivity contribution is 6.34. The summed E-state index contributed by atoms with van der Waals surface area (Å²) >= 11 is 6.67. The molecule has 0 radical (unpaired) electrons. The topological polar surface area (TPSA) is 98.7 Å². The van der Waals surface area contributed by atoms with Gasteiger partial charge in [0.15, 0.2) is 5.82 Å². The summed E-state index contributed by atoms with van der Waals surface area (Å²) in [6.07, 6.45) is -0.975. The third-order valence-corrected chi connectivity index (χ3v) is 8.50. The molecule has 0 bridgehead atoms. The summed E-state index contributed by atoms with van der Waals surface area (Å²) in [5, 5.41) is 10.7. The summed E-state index contributed by atoms with van der Waals surface area (Å²) in [5.41, 5.74) is -0.319. The predicted octanol–water partition coefficient (Wildman–Crippen LogP) is 5.21. The molecule has 6 rings (SSSR count). The molecule has 0 spiro atoms. The Morgan fingerprint density at radius 2 is 1.93 bits per heavy atom. The van der Waals surface area contributed by atoms with E-state index >= 15 is 4.39 Å². The number of hydrogen-bond donors (Lipinski definition) is 1. The van der Waals surface area contributed by atoms with Crippen molar-refractivity contribution in [3.05, 3.63) is 46.6 Å². The first-order chi connectivity index (χ1) is 21.2. The van der Waals surface area contributed by atoms with Gasteiger partial charge in [0.2, 0.25) is 5.88 Å². The number of ether oxygens (including phenoxy) is 2. The Hall–Kier alpha value is -4.12. The molecule has 4 heterocycles. The minimum atomic E-state index is -0.935. The van der Waals surface area contributed by atoms with Crippen molar-refractivity contribution < 1.29 is 33.0 Å². The first-order valence-electron chi connectivity index (χ1n) is 14.6. The van der Waals surface area contributed by atoms with Crippen LogP contribution in [0.2, 0.25) is 5.02 Å². The highest BCUT2D eigenvalue weighted by Gasteiger charge is 2.48. The Balaban J connectivity index is 1.59. The third-order valence-electron chi connectivity index (χ3n) is 8.20. The molecule has 45 heavy (non-hydrogen) atoms. The van der Waals surface area contributed by atoms with E-state index in [0.29, 0.717) is 23.3 Å². The summed E-state index contributed by atoms with van der Waals surface area (Å²) < 4.78 is 43.6. The van der Waals surface area contributed by atoms with E-state index in [9.17, 15) is 19.1 Å². The Bertz CT molecular complexity index is 1750. The zero-order valence-electron chi connectivity index (χ0n) is 25.8. The van der Waals surface area contributed by atoms with E-state index in [0.717, 1.165) is 6.07 Å². The van der Waals surface area contributed by atoms with Gasteiger partial charge >= 0.3 is 6.09 Å². The lowest BCUT2D eigenvalue weighted by molar-refractivity contribution is 0.0133. The van der Waals surface area contributed by atoms with Gasteiger partial charge in [0.1, 0.15) is 46.1 Å². The third kappa shape index (κ3) is 5.20. The van der Waals surface area contributed by atoms with Gasteiger partial charge < -0.3 is 34.2 Å². The molecule has 3 atom stereocenters. The zero-order chi connectivity index (χ0) is 32.5. The molecular weight excluding hydrogens is 608 g/mol. The van der Waals surface area contributed by atoms with Crippen LogP contribution in [0.25, 0.3) is 22.0 Å². The number of hydrogen-bond acceptors (Lipinski definition) is 9. The van der Waals surface area contributed by atoms with Crippen molar-refractivity contribution in [2.45, 2.75) is 51.5 Å². The smallest absolute Gasteiger partial charge is 0.410 e. The first kappa shape index (κ1) is 30.9. The van der Waals surface area contributed by atoms with E-state index in [1.807, 2.05) is 30.8 Å². The number of likely N-dealkylation sites (N-methyl/N-ethyl adjacent to an activating group) is 1. The van der Waals surface area contributed by atoms with Gasteiger partial charge in [0.05, 0.1) is 35.4 Å². The fourth-order valence-electron chi connectivity index (χ4n) is 6.43. The van der Waals surface area contributed by atoms with Crippen molar-refractivity contribution in [2.75, 3.05) is 50.1 Å². The lowest BCUT2D eigenvalue weighted by atomic mass is 9.94. The van der Waals surface area contributed by atoms with Crippen molar-refractivity contribution in [2.24, 2.45) is 0 Å². The summed E-state index contributed by atoms with van der Waals surface area (Å²) in [6, 6.07) is 4.13. The fourth-order valence-corrected chi connectivity index (χ4v) is 6.72. The molecule has 1 aromatic heterocycles. The van der Waals surface area contributed by atoms with Gasteiger partial charge in [0.25, 0.3) is 0 Å². The number of carbonyl (C=O) groups is 1. The molecule has 3 aliphatic heterocycles. The summed E-state index contributed by atoms with van der Waals surface area (Å²) in [5.74, 6) is -0.0481. The van der Waals surface area contributed by atoms with Gasteiger partial charge in [-0.1, -0.05) is 17.7 Å². The second-order valence-electron chi connectivity index (χ2n) is 12.9. The van der Waals surface area contributed by atoms with Crippen LogP contribution in [0, 0.1) is 11.6 Å². The molecule has 13 heteroatoms. The number of rotatable bonds is 3. The van der Waals surface area contributed by atoms with Crippen molar-refractivity contribution in [3.63, 3.8) is 0 Å². The number of aromatic nitrogens is 1. The molecule has 0 aliphatic carbocycles. The van der Waals surface area contributed by atoms with Crippen LogP contribution in [0.5, 0.6) is 11.6 Å². The van der Waals surface area contributed by atoms with Crippen molar-refractivity contribution in [1.29, 1.82) is 0 Å². The minimum Gasteiger partial charge on any atom is -0.507 e. The summed E-state index contributed by atoms with van der Waals surface area (Å²) in [7, 11) is 3.76. The number of phenolic OH excluding ortho intramolecular Hbond substituents is 1. The van der Waals surface area contributed by atoms with Crippen LogP contribution in [-0.2, 0) is 9.53 Å². The lowest BCUT2D eigenvalue weighted by Crippen LogP contribution is -2.64. The maximum atomic E-state index is 16.6. The van der Waals surface area contributed by atoms with E-state index in [2.05, 4.69) is 10.9 Å². The van der Waals surface area contributed by atoms with Gasteiger partial charge in [-0.15, -0.1) is 0 Å². The Kier molecular flexibility index (Phi) is 7.58. The van der Waals surface area contributed by atoms with Crippen LogP contribution in [0.1, 0.15) is 27.7 Å². The molecule has 1 N–H and O–H groups in total. The number of anilines is 2. The molecule has 0 unspecified atom stereocenters. The van der Waals surface area contributed by atoms with E-state index < -0.39 is 41.2 Å². The molecule has 238 valence electrons. The van der Waals surface area contributed by atoms with Gasteiger partial charge in [-0.25, -0.2) is 23.4 Å². The minimum absolute atomic E-state index is 0.0916. The van der Waals surface area contributed by atoms with Gasteiger partial charge in [-0.3, -0.25) is 0 Å². The fraction of sp³-hybridized carbons (Fsp3) is 0.438. The van der Waals surface area contributed by atoms with Gasteiger partial charge in [-0.05, 0) is 60.0 Å². The zero-order valence-corrected chi connectivity index (χ0v) is 26.6. The van der Waals surface area contributed by atoms with Crippen molar-refractivity contribution in [3.8, 4) is 22.8 Å². The van der Waals surface area contributed by atoms with Crippen LogP contribution in [-0.4, -0.2) is 96.0 Å². The van der Waals surface area contributed by atoms with Crippen molar-refractivity contribution >= 4 is 45.9 Å². The molecule has 2 aromatic carbocycles. The number of nitrogens with zero attached hydrogens (tertiary/aromatic N) is 5. The quantitative estimate of drug-likeness (QED) is 0.387. The number of halogens is 3. The lowest BCUT2D eigenvalue weighted by Gasteiger charge is -2.53. The predicted molar refractivity (Wildman–Crippen MR) is 167 cm³/mol. The maximum absolute atomic E-state index is 16.6. The standard InChI is InChI=1S/C32H34ClF2N5O5/c1-16-11-39-21(14-38(16)31(43)45-32(2,3)4)22(15-41)40-13-17(12-37(5)6)44-30-29(40)28(39)18-10-19(33)24(26(35)27(18)36-30)25-20(34)8-7-9-23(25)42/h7-10,16-17,21,42H,11-14H2,1-6H3/t16-,17-,21-/m1/s1. The average Bonchev–Trinajstić information content (AvgIpc) is 2.93. The second-order valence-corrected chi connectivity index (χ2v) is 13.3. The van der Waals surface area contributed by atoms with Gasteiger partial charge in [0, 0.05) is 30.1 Å². The second kappa shape index (κ2) is 11.0. The molecule has 0 saturated carbocycles. The Morgan fingerprint density at radius 3 is 2.58 bits per heavy atom. The normalized spacial score (nSPS) is 21.0. The number of aromatic hydroxyl groups is 1. The monoisotopic (exact) mass is 641 g/mol. The molecule has 1 fully saturated rings. The number of phenols is 1. The highest BCUT2D eigenvalue weighted by Crippen LogP contribution is 2.53. The van der Waals surface area contributed by atoms with E-state index in [1.54, 1.807) is 30.6 Å². The summed E-state index contributed by atoms with van der Waals surface area (Å²) in [4.78, 5) is 37.8. The van der Waals surface area contributed by atoms with E-state index in [4.69, 9.17) is 21.1 Å². The van der Waals surface area contributed by atoms with Crippen LogP contribution in [0.3, 0.4) is 0 Å². The number of carbonyl (C=O) groups excluding carboxylic acids is 2. The molecule has 3 aromatic rings. The Labute approximate surface area is 264 Å². The molecular formula is C32H34ClF2N5O5. The van der Waals surface area contributed by atoms with Crippen LogP contribution < -0.4 is 14.5 Å². The maximum Gasteiger partial charge on any atom is 0.410 e. The van der Waals surface area contributed by atoms with Gasteiger partial charge in [-0.2, -0.15) is 0 Å². The molecule has 10 nitrogen and oxygen atoms in total. The van der Waals surface area contributed by atoms with Crippen LogP contribution in [0.4, 0.5) is 25.0 Å². The molecule has 1 saturated heterocycles. The first-order valence-corrected chi connectivity index (χ1v) is 15.0. The Morgan fingerprint density at radius 1 is 1.20 bits per heavy atom. The van der Waals surface area contributed by atoms with Crippen LogP contribution >= 0.6 is 11.6 Å². The summed E-state index contributed by atoms with van der Waals surface area (Å²) in [6.45, 7) is 8.31.